The van der Waals surface area contributed by atoms with E-state index in [-0.39, 0.29) is 23.9 Å². The Bertz CT molecular complexity index is 1060. The van der Waals surface area contributed by atoms with E-state index in [1.54, 1.807) is 12.1 Å². The molecule has 1 N–H and O–H groups in total. The summed E-state index contributed by atoms with van der Waals surface area (Å²) in [5, 5.41) is 3.62. The Hall–Kier alpha value is -1.80. The molecular weight excluding hydrogens is 481 g/mol. The van der Waals surface area contributed by atoms with Crippen molar-refractivity contribution in [3.8, 4) is 0 Å². The molecule has 2 aromatic rings. The van der Waals surface area contributed by atoms with Crippen LogP contribution in [0.1, 0.15) is 43.2 Å². The van der Waals surface area contributed by atoms with Crippen LogP contribution in [0.4, 0.5) is 5.69 Å². The lowest BCUT2D eigenvalue weighted by Crippen LogP contribution is -2.32. The zero-order chi connectivity index (χ0) is 23.8. The third-order valence-corrected chi connectivity index (χ3v) is 7.73. The minimum absolute atomic E-state index is 0.106. The summed E-state index contributed by atoms with van der Waals surface area (Å²) in [5.74, 6) is -0.106. The van der Waals surface area contributed by atoms with E-state index in [0.29, 0.717) is 23.7 Å². The number of sulfonamides is 1. The summed E-state index contributed by atoms with van der Waals surface area (Å²) in [6, 6.07) is 12.9. The summed E-state index contributed by atoms with van der Waals surface area (Å²) in [6.45, 7) is 3.78. The van der Waals surface area contributed by atoms with E-state index in [1.165, 1.54) is 35.2 Å². The number of hydrogen-bond acceptors (Lipinski definition) is 4. The fourth-order valence-corrected chi connectivity index (χ4v) is 5.28. The summed E-state index contributed by atoms with van der Waals surface area (Å²) in [5.41, 5.74) is 2.78. The van der Waals surface area contributed by atoms with Crippen LogP contribution in [0.15, 0.2) is 42.5 Å². The third-order valence-electron chi connectivity index (χ3n) is 5.79. The van der Waals surface area contributed by atoms with Gasteiger partial charge in [-0.05, 0) is 61.7 Å². The van der Waals surface area contributed by atoms with Crippen LogP contribution in [0.5, 0.6) is 0 Å². The van der Waals surface area contributed by atoms with Crippen LogP contribution in [0.2, 0.25) is 10.0 Å². The van der Waals surface area contributed by atoms with Crippen molar-refractivity contribution in [3.05, 3.63) is 63.6 Å². The molecule has 0 atom stereocenters. The van der Waals surface area contributed by atoms with Crippen LogP contribution in [0.25, 0.3) is 0 Å². The first kappa shape index (κ1) is 25.8. The Morgan fingerprint density at radius 3 is 2.39 bits per heavy atom. The van der Waals surface area contributed by atoms with Gasteiger partial charge in [0.25, 0.3) is 0 Å². The molecule has 1 amide bonds. The molecule has 6 nitrogen and oxygen atoms in total. The van der Waals surface area contributed by atoms with Gasteiger partial charge in [-0.3, -0.25) is 14.0 Å². The minimum atomic E-state index is -3.53. The van der Waals surface area contributed by atoms with Gasteiger partial charge in [0.1, 0.15) is 0 Å². The zero-order valence-electron chi connectivity index (χ0n) is 18.9. The van der Waals surface area contributed by atoms with Gasteiger partial charge in [-0.15, -0.1) is 0 Å². The Morgan fingerprint density at radius 1 is 1.03 bits per heavy atom. The molecule has 1 saturated heterocycles. The zero-order valence-corrected chi connectivity index (χ0v) is 21.2. The van der Waals surface area contributed by atoms with Crippen molar-refractivity contribution < 1.29 is 13.2 Å². The highest BCUT2D eigenvalue weighted by atomic mass is 35.5. The first-order valence-corrected chi connectivity index (χ1v) is 13.8. The summed E-state index contributed by atoms with van der Waals surface area (Å²) < 4.78 is 25.8. The van der Waals surface area contributed by atoms with E-state index in [2.05, 4.69) is 22.3 Å². The number of amides is 1. The number of anilines is 1. The van der Waals surface area contributed by atoms with Gasteiger partial charge < -0.3 is 5.32 Å². The molecule has 3 rings (SSSR count). The molecule has 1 aliphatic rings. The fourth-order valence-electron chi connectivity index (χ4n) is 4.03. The van der Waals surface area contributed by atoms with Crippen molar-refractivity contribution in [1.82, 2.24) is 10.2 Å². The number of carbonyl (C=O) groups excluding carboxylic acids is 1. The third kappa shape index (κ3) is 7.88. The molecule has 0 saturated carbocycles. The van der Waals surface area contributed by atoms with Crippen molar-refractivity contribution in [3.63, 3.8) is 0 Å². The quantitative estimate of drug-likeness (QED) is 0.495. The number of piperidine rings is 1. The lowest BCUT2D eigenvalue weighted by atomic mass is 10.0. The highest BCUT2D eigenvalue weighted by Gasteiger charge is 2.19. The largest absolute Gasteiger partial charge is 0.352 e. The van der Waals surface area contributed by atoms with Crippen LogP contribution < -0.4 is 9.62 Å². The lowest BCUT2D eigenvalue weighted by molar-refractivity contribution is -0.121. The van der Waals surface area contributed by atoms with Crippen LogP contribution >= 0.6 is 23.2 Å². The van der Waals surface area contributed by atoms with Gasteiger partial charge in [-0.1, -0.05) is 53.9 Å². The second-order valence-corrected chi connectivity index (χ2v) is 11.1. The predicted octanol–water partition coefficient (Wildman–Crippen LogP) is 4.84. The van der Waals surface area contributed by atoms with Gasteiger partial charge in [0.15, 0.2) is 0 Å². The molecular formula is C24H31Cl2N3O3S. The molecule has 1 fully saturated rings. The Morgan fingerprint density at radius 2 is 1.73 bits per heavy atom. The van der Waals surface area contributed by atoms with Gasteiger partial charge in [-0.25, -0.2) is 8.42 Å². The molecule has 0 spiro atoms. The molecule has 1 aliphatic heterocycles. The number of nitrogens with one attached hydrogen (secondary N) is 1. The van der Waals surface area contributed by atoms with E-state index in [1.807, 2.05) is 12.1 Å². The smallest absolute Gasteiger partial charge is 0.232 e. The van der Waals surface area contributed by atoms with E-state index in [4.69, 9.17) is 23.2 Å². The number of nitrogens with zero attached hydrogens (tertiary/aromatic N) is 2. The SMILES string of the molecule is CS(=O)(=O)N(CCCC(=O)NCc1ccccc1CN1CCCCC1)c1ccc(Cl)c(Cl)c1. The molecule has 0 aliphatic carbocycles. The van der Waals surface area contributed by atoms with Crippen molar-refractivity contribution in [2.24, 2.45) is 0 Å². The Labute approximate surface area is 206 Å². The normalized spacial score (nSPS) is 14.8. The monoisotopic (exact) mass is 511 g/mol. The maximum Gasteiger partial charge on any atom is 0.232 e. The van der Waals surface area contributed by atoms with E-state index < -0.39 is 10.0 Å². The summed E-state index contributed by atoms with van der Waals surface area (Å²) in [6.07, 6.45) is 5.53. The summed E-state index contributed by atoms with van der Waals surface area (Å²) in [4.78, 5) is 14.9. The number of rotatable bonds is 10. The number of carbonyl (C=O) groups is 1. The predicted molar refractivity (Wildman–Crippen MR) is 135 cm³/mol. The second kappa shape index (κ2) is 12.1. The molecule has 9 heteroatoms. The standard InChI is InChI=1S/C24H31Cl2N3O3S/c1-33(31,32)29(21-11-12-22(25)23(26)16-21)15-7-10-24(30)27-17-19-8-3-4-9-20(19)18-28-13-5-2-6-14-28/h3-4,8-9,11-12,16H,2,5-7,10,13-15,17-18H2,1H3,(H,27,30). The molecule has 180 valence electrons. The topological polar surface area (TPSA) is 69.7 Å². The van der Waals surface area contributed by atoms with Gasteiger partial charge in [0, 0.05) is 26.1 Å². The summed E-state index contributed by atoms with van der Waals surface area (Å²) in [7, 11) is -3.53. The van der Waals surface area contributed by atoms with Gasteiger partial charge >= 0.3 is 0 Å². The number of benzene rings is 2. The highest BCUT2D eigenvalue weighted by molar-refractivity contribution is 7.92. The number of hydrogen-bond donors (Lipinski definition) is 1. The van der Waals surface area contributed by atoms with E-state index >= 15 is 0 Å². The fraction of sp³-hybridized carbons (Fsp3) is 0.458. The maximum atomic E-state index is 12.5. The van der Waals surface area contributed by atoms with Crippen LogP contribution in [-0.2, 0) is 27.9 Å². The first-order chi connectivity index (χ1) is 15.7. The van der Waals surface area contributed by atoms with Crippen molar-refractivity contribution in [2.45, 2.75) is 45.2 Å². The molecule has 0 aromatic heterocycles. The number of halogens is 2. The summed E-state index contributed by atoms with van der Waals surface area (Å²) >= 11 is 12.0. The lowest BCUT2D eigenvalue weighted by Gasteiger charge is -2.27. The van der Waals surface area contributed by atoms with E-state index in [0.717, 1.165) is 31.5 Å². The van der Waals surface area contributed by atoms with Crippen LogP contribution in [0.3, 0.4) is 0 Å². The highest BCUT2D eigenvalue weighted by Crippen LogP contribution is 2.28. The molecule has 0 bridgehead atoms. The number of likely N-dealkylation sites (tertiary alicyclic amines) is 1. The van der Waals surface area contributed by atoms with Crippen molar-refractivity contribution >= 4 is 44.8 Å². The molecule has 0 radical (unpaired) electrons. The molecule has 2 aromatic carbocycles. The van der Waals surface area contributed by atoms with Crippen LogP contribution in [-0.4, -0.2) is 45.1 Å². The van der Waals surface area contributed by atoms with Crippen LogP contribution in [0, 0.1) is 0 Å². The average molecular weight is 513 g/mol. The van der Waals surface area contributed by atoms with Gasteiger partial charge in [-0.2, -0.15) is 0 Å². The Balaban J connectivity index is 1.52. The van der Waals surface area contributed by atoms with Crippen molar-refractivity contribution in [1.29, 1.82) is 0 Å². The minimum Gasteiger partial charge on any atom is -0.352 e. The maximum absolute atomic E-state index is 12.5. The van der Waals surface area contributed by atoms with Crippen molar-refractivity contribution in [2.75, 3.05) is 30.2 Å². The Kier molecular flexibility index (Phi) is 9.44. The van der Waals surface area contributed by atoms with Gasteiger partial charge in [0.05, 0.1) is 22.0 Å². The average Bonchev–Trinajstić information content (AvgIpc) is 2.78. The molecule has 33 heavy (non-hydrogen) atoms. The first-order valence-electron chi connectivity index (χ1n) is 11.2. The van der Waals surface area contributed by atoms with Gasteiger partial charge in [0.2, 0.25) is 15.9 Å². The molecule has 1 heterocycles. The molecule has 0 unspecified atom stereocenters. The second-order valence-electron chi connectivity index (χ2n) is 8.42. The van der Waals surface area contributed by atoms with E-state index in [9.17, 15) is 13.2 Å².